The van der Waals surface area contributed by atoms with Crippen molar-refractivity contribution in [2.24, 2.45) is 5.10 Å². The lowest BCUT2D eigenvalue weighted by molar-refractivity contribution is -0.131. The third-order valence-corrected chi connectivity index (χ3v) is 5.03. The number of amides is 3. The van der Waals surface area contributed by atoms with Crippen LogP contribution in [0.4, 0.5) is 4.79 Å². The lowest BCUT2D eigenvalue weighted by atomic mass is 9.87. The summed E-state index contributed by atoms with van der Waals surface area (Å²) in [5.74, 6) is -0.385. The summed E-state index contributed by atoms with van der Waals surface area (Å²) < 4.78 is 1.78. The number of imide groups is 1. The van der Waals surface area contributed by atoms with E-state index >= 15 is 0 Å². The molecule has 2 aromatic carbocycles. The molecule has 3 aromatic rings. The summed E-state index contributed by atoms with van der Waals surface area (Å²) in [7, 11) is 0. The van der Waals surface area contributed by atoms with Crippen molar-refractivity contribution in [3.05, 3.63) is 89.7 Å². The van der Waals surface area contributed by atoms with Crippen LogP contribution in [-0.4, -0.2) is 32.9 Å². The zero-order chi connectivity index (χ0) is 20.3. The molecule has 4 rings (SSSR count). The minimum absolute atomic E-state index is 0.385. The Morgan fingerprint density at radius 1 is 1.07 bits per heavy atom. The number of nitrogens with zero attached hydrogens (tertiary/aromatic N) is 4. The van der Waals surface area contributed by atoms with Crippen molar-refractivity contribution < 1.29 is 9.59 Å². The number of urea groups is 1. The van der Waals surface area contributed by atoms with Crippen molar-refractivity contribution in [2.75, 3.05) is 0 Å². The molecule has 1 aliphatic heterocycles. The monoisotopic (exact) mass is 387 g/mol. The summed E-state index contributed by atoms with van der Waals surface area (Å²) in [6.45, 7) is 2.50. The molecule has 0 unspecified atom stereocenters. The highest BCUT2D eigenvalue weighted by Crippen LogP contribution is 2.32. The fourth-order valence-electron chi connectivity index (χ4n) is 3.46. The van der Waals surface area contributed by atoms with E-state index in [0.29, 0.717) is 18.5 Å². The summed E-state index contributed by atoms with van der Waals surface area (Å²) in [5, 5.41) is 12.2. The molecule has 0 bridgehead atoms. The number of nitrogens with one attached hydrogen (secondary N) is 1. The minimum Gasteiger partial charge on any atom is -0.318 e. The molecule has 0 saturated carbocycles. The van der Waals surface area contributed by atoms with Gasteiger partial charge in [-0.1, -0.05) is 67.6 Å². The fourth-order valence-corrected chi connectivity index (χ4v) is 3.46. The van der Waals surface area contributed by atoms with E-state index in [2.05, 4.69) is 15.5 Å². The predicted molar refractivity (Wildman–Crippen MR) is 109 cm³/mol. The van der Waals surface area contributed by atoms with Gasteiger partial charge >= 0.3 is 6.03 Å². The number of hydrazone groups is 1. The minimum atomic E-state index is -1.09. The Hall–Kier alpha value is -3.74. The number of carbonyl (C=O) groups excluding carboxylic acids is 2. The molecule has 1 aromatic heterocycles. The third-order valence-electron chi connectivity index (χ3n) is 5.03. The molecule has 0 spiro atoms. The maximum Gasteiger partial charge on any atom is 0.346 e. The summed E-state index contributed by atoms with van der Waals surface area (Å²) >= 11 is 0. The zero-order valence-electron chi connectivity index (χ0n) is 16.0. The third kappa shape index (κ3) is 3.54. The second-order valence-electron chi connectivity index (χ2n) is 6.87. The van der Waals surface area contributed by atoms with Crippen molar-refractivity contribution in [1.29, 1.82) is 0 Å². The summed E-state index contributed by atoms with van der Waals surface area (Å²) in [5.41, 5.74) is 1.49. The van der Waals surface area contributed by atoms with Crippen molar-refractivity contribution in [3.63, 3.8) is 0 Å². The molecule has 29 heavy (non-hydrogen) atoms. The first kappa shape index (κ1) is 18.6. The number of rotatable bonds is 6. The topological polar surface area (TPSA) is 79.6 Å². The Morgan fingerprint density at radius 2 is 1.76 bits per heavy atom. The van der Waals surface area contributed by atoms with Crippen molar-refractivity contribution in [2.45, 2.75) is 25.4 Å². The average molecular weight is 387 g/mol. The van der Waals surface area contributed by atoms with Gasteiger partial charge in [0.2, 0.25) is 0 Å². The van der Waals surface area contributed by atoms with Crippen LogP contribution in [0, 0.1) is 0 Å². The van der Waals surface area contributed by atoms with Crippen LogP contribution in [0.15, 0.2) is 78.2 Å². The Balaban J connectivity index is 1.52. The van der Waals surface area contributed by atoms with Crippen LogP contribution in [0.2, 0.25) is 0 Å². The van der Waals surface area contributed by atoms with Gasteiger partial charge < -0.3 is 5.32 Å². The summed E-state index contributed by atoms with van der Waals surface area (Å²) in [6, 6.07) is 18.7. The molecule has 146 valence electrons. The van der Waals surface area contributed by atoms with Crippen LogP contribution >= 0.6 is 0 Å². The van der Waals surface area contributed by atoms with Crippen LogP contribution in [0.1, 0.15) is 30.0 Å². The highest BCUT2D eigenvalue weighted by atomic mass is 16.2. The Labute approximate surface area is 168 Å². The van der Waals surface area contributed by atoms with Crippen LogP contribution in [0.5, 0.6) is 0 Å². The fraction of sp³-hybridized carbons (Fsp3) is 0.182. The van der Waals surface area contributed by atoms with Crippen LogP contribution in [0.3, 0.4) is 0 Å². The van der Waals surface area contributed by atoms with E-state index in [1.165, 1.54) is 6.21 Å². The van der Waals surface area contributed by atoms with Gasteiger partial charge in [-0.2, -0.15) is 10.2 Å². The predicted octanol–water partition coefficient (Wildman–Crippen LogP) is 3.12. The molecule has 7 heteroatoms. The van der Waals surface area contributed by atoms with E-state index < -0.39 is 11.6 Å². The van der Waals surface area contributed by atoms with Gasteiger partial charge in [0.1, 0.15) is 5.54 Å². The molecular weight excluding hydrogens is 366 g/mol. The van der Waals surface area contributed by atoms with Gasteiger partial charge in [-0.15, -0.1) is 5.01 Å². The SMILES string of the molecule is CC[C@]1(c2ccccc2)NC(=O)N(/N=C\c2cnn(Cc3ccccc3)c2)C1=O. The highest BCUT2D eigenvalue weighted by Gasteiger charge is 2.51. The van der Waals surface area contributed by atoms with Gasteiger partial charge in [0.25, 0.3) is 5.91 Å². The smallest absolute Gasteiger partial charge is 0.318 e. The van der Waals surface area contributed by atoms with Crippen molar-refractivity contribution >= 4 is 18.2 Å². The van der Waals surface area contributed by atoms with E-state index in [-0.39, 0.29) is 5.91 Å². The van der Waals surface area contributed by atoms with Crippen LogP contribution < -0.4 is 5.32 Å². The lowest BCUT2D eigenvalue weighted by Gasteiger charge is -2.24. The molecule has 0 radical (unpaired) electrons. The van der Waals surface area contributed by atoms with Gasteiger partial charge in [-0.3, -0.25) is 9.48 Å². The van der Waals surface area contributed by atoms with Crippen LogP contribution in [-0.2, 0) is 16.9 Å². The number of hydrogen-bond acceptors (Lipinski definition) is 4. The first-order chi connectivity index (χ1) is 14.1. The zero-order valence-corrected chi connectivity index (χ0v) is 16.0. The Morgan fingerprint density at radius 3 is 2.45 bits per heavy atom. The molecule has 1 atom stereocenters. The maximum absolute atomic E-state index is 13.0. The number of benzene rings is 2. The van der Waals surface area contributed by atoms with E-state index in [9.17, 15) is 9.59 Å². The quantitative estimate of drug-likeness (QED) is 0.521. The second-order valence-corrected chi connectivity index (χ2v) is 6.87. The van der Waals surface area contributed by atoms with E-state index in [1.54, 1.807) is 10.9 Å². The normalized spacial score (nSPS) is 19.1. The number of aromatic nitrogens is 2. The number of hydrogen-bond donors (Lipinski definition) is 1. The summed E-state index contributed by atoms with van der Waals surface area (Å²) in [4.78, 5) is 25.5. The number of carbonyl (C=O) groups is 2. The molecule has 7 nitrogen and oxygen atoms in total. The molecule has 1 saturated heterocycles. The first-order valence-electron chi connectivity index (χ1n) is 9.45. The Bertz CT molecular complexity index is 1050. The Kier molecular flexibility index (Phi) is 4.95. The maximum atomic E-state index is 13.0. The molecular formula is C22H21N5O2. The molecule has 3 amide bonds. The van der Waals surface area contributed by atoms with Crippen molar-refractivity contribution in [1.82, 2.24) is 20.1 Å². The van der Waals surface area contributed by atoms with Gasteiger partial charge in [0.05, 0.1) is 19.0 Å². The van der Waals surface area contributed by atoms with E-state index in [4.69, 9.17) is 0 Å². The first-order valence-corrected chi connectivity index (χ1v) is 9.45. The molecule has 1 aliphatic rings. The second kappa shape index (κ2) is 7.71. The van der Waals surface area contributed by atoms with Gasteiger partial charge in [-0.25, -0.2) is 4.79 Å². The highest BCUT2D eigenvalue weighted by molar-refractivity contribution is 6.07. The van der Waals surface area contributed by atoms with Crippen molar-refractivity contribution in [3.8, 4) is 0 Å². The summed E-state index contributed by atoms with van der Waals surface area (Å²) in [6.07, 6.45) is 5.37. The largest absolute Gasteiger partial charge is 0.346 e. The average Bonchev–Trinajstić information content (AvgIpc) is 3.30. The van der Waals surface area contributed by atoms with Crippen LogP contribution in [0.25, 0.3) is 0 Å². The molecule has 1 N–H and O–H groups in total. The van der Waals surface area contributed by atoms with Gasteiger partial charge in [0.15, 0.2) is 0 Å². The lowest BCUT2D eigenvalue weighted by Crippen LogP contribution is -2.43. The van der Waals surface area contributed by atoms with Gasteiger partial charge in [0, 0.05) is 11.8 Å². The standard InChI is InChI=1S/C22H21N5O2/c1-2-22(19-11-7-4-8-12-19)20(28)27(21(29)25-22)24-14-18-13-23-26(16-18)15-17-9-5-3-6-10-17/h3-14,16H,2,15H2,1H3,(H,25,29)/b24-14-/t22-/m1/s1. The van der Waals surface area contributed by atoms with E-state index in [0.717, 1.165) is 16.1 Å². The molecule has 0 aliphatic carbocycles. The molecule has 1 fully saturated rings. The van der Waals surface area contributed by atoms with E-state index in [1.807, 2.05) is 73.8 Å². The molecule has 2 heterocycles. The van der Waals surface area contributed by atoms with Gasteiger partial charge in [-0.05, 0) is 17.5 Å².